The molecule has 3 nitrogen and oxygen atoms in total. The Morgan fingerprint density at radius 3 is 2.29 bits per heavy atom. The zero-order valence-corrected chi connectivity index (χ0v) is 10.1. The Labute approximate surface area is 87.8 Å². The van der Waals surface area contributed by atoms with Crippen molar-refractivity contribution in [3.05, 3.63) is 0 Å². The van der Waals surface area contributed by atoms with Gasteiger partial charge in [-0.1, -0.05) is 13.8 Å². The maximum Gasteiger partial charge on any atom is 0.0715 e. The van der Waals surface area contributed by atoms with E-state index in [1.54, 1.807) is 7.11 Å². The van der Waals surface area contributed by atoms with Crippen LogP contribution in [0, 0.1) is 5.92 Å². The predicted octanol–water partition coefficient (Wildman–Crippen LogP) is 1.41. The normalized spacial score (nSPS) is 14.8. The second-order valence-corrected chi connectivity index (χ2v) is 4.83. The molecule has 0 heterocycles. The van der Waals surface area contributed by atoms with Crippen LogP contribution in [0.3, 0.4) is 0 Å². The molecular formula is C11H25NO2. The Morgan fingerprint density at radius 2 is 1.93 bits per heavy atom. The first-order valence-corrected chi connectivity index (χ1v) is 5.31. The molecule has 0 aliphatic carbocycles. The summed E-state index contributed by atoms with van der Waals surface area (Å²) in [6, 6.07) is 0.418. The second-order valence-electron chi connectivity index (χ2n) is 4.83. The van der Waals surface area contributed by atoms with Crippen LogP contribution in [0.1, 0.15) is 34.1 Å². The SMILES string of the molecule is COCCC(NCC(C)(C)O)C(C)C. The first-order valence-electron chi connectivity index (χ1n) is 5.31. The highest BCUT2D eigenvalue weighted by Crippen LogP contribution is 2.08. The molecule has 86 valence electrons. The fraction of sp³-hybridized carbons (Fsp3) is 1.00. The summed E-state index contributed by atoms with van der Waals surface area (Å²) in [5.41, 5.74) is -0.639. The van der Waals surface area contributed by atoms with Crippen LogP contribution >= 0.6 is 0 Å². The number of aliphatic hydroxyl groups is 1. The van der Waals surface area contributed by atoms with Gasteiger partial charge in [-0.05, 0) is 26.2 Å². The van der Waals surface area contributed by atoms with Crippen molar-refractivity contribution in [2.75, 3.05) is 20.3 Å². The van der Waals surface area contributed by atoms with Gasteiger partial charge in [0.15, 0.2) is 0 Å². The molecule has 0 aromatic rings. The first kappa shape index (κ1) is 13.9. The van der Waals surface area contributed by atoms with Crippen molar-refractivity contribution in [2.24, 2.45) is 5.92 Å². The van der Waals surface area contributed by atoms with Crippen molar-refractivity contribution in [1.82, 2.24) is 5.32 Å². The standard InChI is InChI=1S/C11H25NO2/c1-9(2)10(6-7-14-5)12-8-11(3,4)13/h9-10,12-13H,6-8H2,1-5H3. The van der Waals surface area contributed by atoms with Crippen molar-refractivity contribution in [3.63, 3.8) is 0 Å². The monoisotopic (exact) mass is 203 g/mol. The minimum atomic E-state index is -0.639. The summed E-state index contributed by atoms with van der Waals surface area (Å²) in [6.07, 6.45) is 0.990. The van der Waals surface area contributed by atoms with Gasteiger partial charge in [0.2, 0.25) is 0 Å². The zero-order valence-electron chi connectivity index (χ0n) is 10.1. The van der Waals surface area contributed by atoms with Gasteiger partial charge >= 0.3 is 0 Å². The Morgan fingerprint density at radius 1 is 1.36 bits per heavy atom. The van der Waals surface area contributed by atoms with Gasteiger partial charge < -0.3 is 15.2 Å². The van der Waals surface area contributed by atoms with E-state index < -0.39 is 5.60 Å². The highest BCUT2D eigenvalue weighted by atomic mass is 16.5. The molecule has 0 saturated carbocycles. The molecule has 0 amide bonds. The lowest BCUT2D eigenvalue weighted by Crippen LogP contribution is -2.43. The van der Waals surface area contributed by atoms with Gasteiger partial charge in [-0.2, -0.15) is 0 Å². The average molecular weight is 203 g/mol. The number of nitrogens with one attached hydrogen (secondary N) is 1. The first-order chi connectivity index (χ1) is 6.37. The number of ether oxygens (including phenoxy) is 1. The van der Waals surface area contributed by atoms with Crippen LogP contribution in [-0.2, 0) is 4.74 Å². The smallest absolute Gasteiger partial charge is 0.0715 e. The van der Waals surface area contributed by atoms with Gasteiger partial charge in [0.1, 0.15) is 0 Å². The topological polar surface area (TPSA) is 41.5 Å². The molecule has 0 spiro atoms. The van der Waals surface area contributed by atoms with E-state index in [-0.39, 0.29) is 0 Å². The van der Waals surface area contributed by atoms with Crippen LogP contribution in [0.15, 0.2) is 0 Å². The summed E-state index contributed by atoms with van der Waals surface area (Å²) in [4.78, 5) is 0. The average Bonchev–Trinajstić information content (AvgIpc) is 2.01. The van der Waals surface area contributed by atoms with E-state index in [4.69, 9.17) is 4.74 Å². The lowest BCUT2D eigenvalue weighted by atomic mass is 10.00. The summed E-state index contributed by atoms with van der Waals surface area (Å²) in [7, 11) is 1.72. The van der Waals surface area contributed by atoms with Crippen LogP contribution in [0.5, 0.6) is 0 Å². The summed E-state index contributed by atoms with van der Waals surface area (Å²) in [6.45, 7) is 9.37. The maximum atomic E-state index is 9.58. The molecule has 0 radical (unpaired) electrons. The molecule has 0 aromatic heterocycles. The Bertz CT molecular complexity index is 141. The number of hydrogen-bond donors (Lipinski definition) is 2. The van der Waals surface area contributed by atoms with Crippen molar-refractivity contribution in [2.45, 2.75) is 45.8 Å². The third kappa shape index (κ3) is 7.30. The van der Waals surface area contributed by atoms with Crippen molar-refractivity contribution >= 4 is 0 Å². The van der Waals surface area contributed by atoms with Crippen LogP contribution in [0.4, 0.5) is 0 Å². The van der Waals surface area contributed by atoms with Gasteiger partial charge in [0.05, 0.1) is 5.60 Å². The highest BCUT2D eigenvalue weighted by Gasteiger charge is 2.17. The van der Waals surface area contributed by atoms with Gasteiger partial charge in [0, 0.05) is 26.3 Å². The van der Waals surface area contributed by atoms with Crippen LogP contribution < -0.4 is 5.32 Å². The Hall–Kier alpha value is -0.120. The molecule has 0 aromatic carbocycles. The lowest BCUT2D eigenvalue weighted by Gasteiger charge is -2.26. The van der Waals surface area contributed by atoms with Gasteiger partial charge in [0.25, 0.3) is 0 Å². The quantitative estimate of drug-likeness (QED) is 0.657. The Balaban J connectivity index is 3.85. The highest BCUT2D eigenvalue weighted by molar-refractivity contribution is 4.76. The minimum Gasteiger partial charge on any atom is -0.389 e. The molecule has 14 heavy (non-hydrogen) atoms. The third-order valence-corrected chi connectivity index (χ3v) is 2.23. The molecule has 0 rings (SSSR count). The molecule has 1 unspecified atom stereocenters. The van der Waals surface area contributed by atoms with E-state index in [0.717, 1.165) is 13.0 Å². The second kappa shape index (κ2) is 6.38. The van der Waals surface area contributed by atoms with Gasteiger partial charge in [-0.3, -0.25) is 0 Å². The zero-order chi connectivity index (χ0) is 11.2. The number of hydrogen-bond acceptors (Lipinski definition) is 3. The van der Waals surface area contributed by atoms with Crippen molar-refractivity contribution in [3.8, 4) is 0 Å². The lowest BCUT2D eigenvalue weighted by molar-refractivity contribution is 0.0713. The maximum absolute atomic E-state index is 9.58. The molecule has 0 aliphatic heterocycles. The van der Waals surface area contributed by atoms with Crippen LogP contribution in [-0.4, -0.2) is 37.0 Å². The summed E-state index contributed by atoms with van der Waals surface area (Å²) in [5, 5.41) is 12.9. The number of rotatable bonds is 7. The molecule has 0 aliphatic rings. The van der Waals surface area contributed by atoms with Crippen LogP contribution in [0.2, 0.25) is 0 Å². The van der Waals surface area contributed by atoms with E-state index in [2.05, 4.69) is 19.2 Å². The third-order valence-electron chi connectivity index (χ3n) is 2.23. The van der Waals surface area contributed by atoms with E-state index in [9.17, 15) is 5.11 Å². The van der Waals surface area contributed by atoms with E-state index in [1.165, 1.54) is 0 Å². The molecule has 0 bridgehead atoms. The number of methoxy groups -OCH3 is 1. The minimum absolute atomic E-state index is 0.418. The molecule has 1 atom stereocenters. The molecule has 3 heteroatoms. The molecule has 0 fully saturated rings. The van der Waals surface area contributed by atoms with E-state index >= 15 is 0 Å². The van der Waals surface area contributed by atoms with Crippen molar-refractivity contribution < 1.29 is 9.84 Å². The van der Waals surface area contributed by atoms with E-state index in [0.29, 0.717) is 18.5 Å². The molecular weight excluding hydrogens is 178 g/mol. The Kier molecular flexibility index (Phi) is 6.33. The predicted molar refractivity (Wildman–Crippen MR) is 59.4 cm³/mol. The fourth-order valence-electron chi connectivity index (χ4n) is 1.30. The summed E-state index contributed by atoms with van der Waals surface area (Å²) >= 11 is 0. The van der Waals surface area contributed by atoms with Crippen molar-refractivity contribution in [1.29, 1.82) is 0 Å². The fourth-order valence-corrected chi connectivity index (χ4v) is 1.30. The summed E-state index contributed by atoms with van der Waals surface area (Å²) < 4.78 is 5.05. The molecule has 2 N–H and O–H groups in total. The summed E-state index contributed by atoms with van der Waals surface area (Å²) in [5.74, 6) is 0.562. The van der Waals surface area contributed by atoms with Crippen LogP contribution in [0.25, 0.3) is 0 Å². The van der Waals surface area contributed by atoms with Gasteiger partial charge in [-0.25, -0.2) is 0 Å². The molecule has 0 saturated heterocycles. The largest absolute Gasteiger partial charge is 0.389 e. The van der Waals surface area contributed by atoms with E-state index in [1.807, 2.05) is 13.8 Å². The van der Waals surface area contributed by atoms with Gasteiger partial charge in [-0.15, -0.1) is 0 Å².